The van der Waals surface area contributed by atoms with Gasteiger partial charge >= 0.3 is 17.9 Å². The highest BCUT2D eigenvalue weighted by atomic mass is 16.6. The maximum absolute atomic E-state index is 12.6. The summed E-state index contributed by atoms with van der Waals surface area (Å²) in [5, 5.41) is 10.9. The first-order chi connectivity index (χ1) is 17.3. The minimum atomic E-state index is -0.843. The van der Waals surface area contributed by atoms with Gasteiger partial charge in [-0.25, -0.2) is 14.4 Å². The standard InChI is InChI=1S/C25H20N2O9/c1-34-24(30)20-11-3-4-12-26(22(20)25(31)35-2)18-9-6-8-17(14-18)23(29)36-15-21(28)16-7-5-10-19(13-16)27(32)33/h3-14H,15H2,1-2H3. The molecule has 11 nitrogen and oxygen atoms in total. The summed E-state index contributed by atoms with van der Waals surface area (Å²) < 4.78 is 14.7. The Morgan fingerprint density at radius 1 is 0.889 bits per heavy atom. The van der Waals surface area contributed by atoms with Crippen molar-refractivity contribution in [2.75, 3.05) is 25.7 Å². The molecule has 1 heterocycles. The predicted octanol–water partition coefficient (Wildman–Crippen LogP) is 3.12. The Balaban J connectivity index is 1.85. The van der Waals surface area contributed by atoms with E-state index < -0.39 is 35.2 Å². The number of nitro groups is 1. The van der Waals surface area contributed by atoms with Crippen LogP contribution in [-0.4, -0.2) is 49.4 Å². The number of anilines is 1. The van der Waals surface area contributed by atoms with E-state index in [4.69, 9.17) is 14.2 Å². The molecular weight excluding hydrogens is 472 g/mol. The molecule has 0 amide bonds. The van der Waals surface area contributed by atoms with E-state index in [1.807, 2.05) is 0 Å². The summed E-state index contributed by atoms with van der Waals surface area (Å²) in [4.78, 5) is 61.5. The van der Waals surface area contributed by atoms with Gasteiger partial charge in [-0.1, -0.05) is 24.3 Å². The quantitative estimate of drug-likeness (QED) is 0.177. The average molecular weight is 492 g/mol. The van der Waals surface area contributed by atoms with Crippen LogP contribution >= 0.6 is 0 Å². The van der Waals surface area contributed by atoms with Gasteiger partial charge in [0.2, 0.25) is 5.78 Å². The maximum atomic E-state index is 12.6. The molecule has 11 heteroatoms. The first-order valence-electron chi connectivity index (χ1n) is 10.4. The molecule has 0 unspecified atom stereocenters. The third kappa shape index (κ3) is 5.70. The molecule has 0 aromatic heterocycles. The Bertz CT molecular complexity index is 1320. The van der Waals surface area contributed by atoms with Crippen LogP contribution in [0.5, 0.6) is 0 Å². The second-order valence-electron chi connectivity index (χ2n) is 7.17. The van der Waals surface area contributed by atoms with Crippen molar-refractivity contribution in [3.8, 4) is 0 Å². The van der Waals surface area contributed by atoms with Crippen molar-refractivity contribution in [1.29, 1.82) is 0 Å². The van der Waals surface area contributed by atoms with Gasteiger partial charge in [-0.15, -0.1) is 0 Å². The van der Waals surface area contributed by atoms with E-state index in [2.05, 4.69) is 0 Å². The smallest absolute Gasteiger partial charge is 0.355 e. The number of nitrogens with zero attached hydrogens (tertiary/aromatic N) is 2. The van der Waals surface area contributed by atoms with Crippen LogP contribution in [0.2, 0.25) is 0 Å². The summed E-state index contributed by atoms with van der Waals surface area (Å²) >= 11 is 0. The number of carbonyl (C=O) groups excluding carboxylic acids is 4. The first kappa shape index (κ1) is 25.6. The van der Waals surface area contributed by atoms with Crippen LogP contribution in [0.1, 0.15) is 20.7 Å². The lowest BCUT2D eigenvalue weighted by atomic mass is 10.1. The number of rotatable bonds is 8. The van der Waals surface area contributed by atoms with E-state index in [1.54, 1.807) is 12.1 Å². The molecule has 0 saturated heterocycles. The maximum Gasteiger partial charge on any atom is 0.355 e. The van der Waals surface area contributed by atoms with Crippen LogP contribution in [0.4, 0.5) is 11.4 Å². The van der Waals surface area contributed by atoms with E-state index in [9.17, 15) is 29.3 Å². The molecule has 0 bridgehead atoms. The Labute approximate surface area is 205 Å². The number of nitro benzene ring substituents is 1. The number of Topliss-reactive ketones (excluding diaryl/α,β-unsaturated/α-hetero) is 1. The minimum absolute atomic E-state index is 0.0242. The summed E-state index contributed by atoms with van der Waals surface area (Å²) in [6, 6.07) is 11.0. The fraction of sp³-hybridized carbons (Fsp3) is 0.120. The van der Waals surface area contributed by atoms with E-state index >= 15 is 0 Å². The number of benzene rings is 2. The van der Waals surface area contributed by atoms with Crippen molar-refractivity contribution >= 4 is 35.1 Å². The predicted molar refractivity (Wildman–Crippen MR) is 126 cm³/mol. The van der Waals surface area contributed by atoms with Gasteiger partial charge < -0.3 is 19.1 Å². The highest BCUT2D eigenvalue weighted by Crippen LogP contribution is 2.27. The minimum Gasteiger partial charge on any atom is -0.465 e. The molecule has 0 aliphatic carbocycles. The molecule has 2 aromatic carbocycles. The van der Waals surface area contributed by atoms with Crippen molar-refractivity contribution in [3.05, 3.63) is 105 Å². The zero-order chi connectivity index (χ0) is 26.2. The van der Waals surface area contributed by atoms with E-state index in [-0.39, 0.29) is 28.1 Å². The van der Waals surface area contributed by atoms with Gasteiger partial charge in [0.15, 0.2) is 6.61 Å². The zero-order valence-corrected chi connectivity index (χ0v) is 19.2. The van der Waals surface area contributed by atoms with Crippen LogP contribution < -0.4 is 4.90 Å². The summed E-state index contributed by atoms with van der Waals surface area (Å²) in [6.45, 7) is -0.641. The lowest BCUT2D eigenvalue weighted by molar-refractivity contribution is -0.384. The van der Waals surface area contributed by atoms with Crippen molar-refractivity contribution in [1.82, 2.24) is 0 Å². The van der Waals surface area contributed by atoms with Crippen molar-refractivity contribution in [2.24, 2.45) is 0 Å². The highest BCUT2D eigenvalue weighted by molar-refractivity contribution is 6.05. The summed E-state index contributed by atoms with van der Waals surface area (Å²) in [7, 11) is 2.33. The number of ketones is 1. The van der Waals surface area contributed by atoms with Crippen molar-refractivity contribution < 1.29 is 38.3 Å². The molecule has 1 aliphatic rings. The number of esters is 3. The fourth-order valence-corrected chi connectivity index (χ4v) is 3.24. The number of methoxy groups -OCH3 is 2. The molecule has 184 valence electrons. The normalized spacial score (nSPS) is 12.6. The summed E-state index contributed by atoms with van der Waals surface area (Å²) in [5.41, 5.74) is -0.0765. The Hall–Kier alpha value is -5.06. The van der Waals surface area contributed by atoms with Crippen molar-refractivity contribution in [3.63, 3.8) is 0 Å². The third-order valence-corrected chi connectivity index (χ3v) is 4.96. The molecule has 36 heavy (non-hydrogen) atoms. The van der Waals surface area contributed by atoms with Crippen molar-refractivity contribution in [2.45, 2.75) is 0 Å². The Kier molecular flexibility index (Phi) is 8.08. The first-order valence-corrected chi connectivity index (χ1v) is 10.4. The number of ether oxygens (including phenoxy) is 3. The molecule has 0 radical (unpaired) electrons. The number of hydrogen-bond acceptors (Lipinski definition) is 10. The van der Waals surface area contributed by atoms with E-state index in [0.717, 1.165) is 13.2 Å². The SMILES string of the molecule is COC(=O)C1=C(C(=O)OC)N(c2cccc(C(=O)OCC(=O)c3cccc([N+](=O)[O-])c3)c2)C=CC=C1. The molecule has 0 atom stereocenters. The van der Waals surface area contributed by atoms with Crippen LogP contribution in [0.3, 0.4) is 0 Å². The number of hydrogen-bond donors (Lipinski definition) is 0. The largest absolute Gasteiger partial charge is 0.465 e. The van der Waals surface area contributed by atoms with Crippen LogP contribution in [0, 0.1) is 10.1 Å². The molecule has 1 aliphatic heterocycles. The van der Waals surface area contributed by atoms with Crippen LogP contribution in [-0.2, 0) is 23.8 Å². The Morgan fingerprint density at radius 3 is 2.28 bits per heavy atom. The number of allylic oxidation sites excluding steroid dienone is 2. The molecule has 0 N–H and O–H groups in total. The van der Waals surface area contributed by atoms with Gasteiger partial charge in [-0.2, -0.15) is 0 Å². The van der Waals surface area contributed by atoms with Crippen LogP contribution in [0.25, 0.3) is 0 Å². The highest BCUT2D eigenvalue weighted by Gasteiger charge is 2.28. The van der Waals surface area contributed by atoms with Gasteiger partial charge in [0.25, 0.3) is 5.69 Å². The average Bonchev–Trinajstić information content (AvgIpc) is 3.14. The second kappa shape index (κ2) is 11.4. The molecule has 0 spiro atoms. The topological polar surface area (TPSA) is 142 Å². The van der Waals surface area contributed by atoms with Gasteiger partial charge in [0, 0.05) is 29.6 Å². The fourth-order valence-electron chi connectivity index (χ4n) is 3.24. The van der Waals surface area contributed by atoms with Crippen LogP contribution in [0.15, 0.2) is 84.2 Å². The second-order valence-corrected chi connectivity index (χ2v) is 7.17. The Morgan fingerprint density at radius 2 is 1.58 bits per heavy atom. The summed E-state index contributed by atoms with van der Waals surface area (Å²) in [5.74, 6) is -3.05. The van der Waals surface area contributed by atoms with E-state index in [1.165, 1.54) is 66.8 Å². The summed E-state index contributed by atoms with van der Waals surface area (Å²) in [6.07, 6.45) is 6.00. The molecular formula is C25H20N2O9. The van der Waals surface area contributed by atoms with Gasteiger partial charge in [-0.3, -0.25) is 14.9 Å². The van der Waals surface area contributed by atoms with Gasteiger partial charge in [0.05, 0.1) is 30.3 Å². The molecule has 0 saturated carbocycles. The monoisotopic (exact) mass is 492 g/mol. The molecule has 3 rings (SSSR count). The third-order valence-electron chi connectivity index (χ3n) is 4.96. The lowest BCUT2D eigenvalue weighted by Gasteiger charge is -2.23. The molecule has 0 fully saturated rings. The number of non-ortho nitro benzene ring substituents is 1. The molecule has 2 aromatic rings. The van der Waals surface area contributed by atoms with E-state index in [0.29, 0.717) is 5.69 Å². The van der Waals surface area contributed by atoms with Gasteiger partial charge in [0.1, 0.15) is 5.70 Å². The zero-order valence-electron chi connectivity index (χ0n) is 19.2. The number of carbonyl (C=O) groups is 4. The van der Waals surface area contributed by atoms with Gasteiger partial charge in [-0.05, 0) is 30.4 Å². The lowest BCUT2D eigenvalue weighted by Crippen LogP contribution is -2.27.